The zero-order chi connectivity index (χ0) is 38.1. The number of fused-ring (bicyclic) bond motifs is 7. The molecule has 0 N–H and O–H groups in total. The molecule has 3 heterocycles. The maximum atomic E-state index is 5.32. The monoisotopic (exact) mass is 727 g/mol. The van der Waals surface area contributed by atoms with E-state index < -0.39 is 0 Å². The highest BCUT2D eigenvalue weighted by Crippen LogP contribution is 2.53. The molecule has 0 atom stereocenters. The van der Waals surface area contributed by atoms with Crippen molar-refractivity contribution in [3.8, 4) is 67.2 Å². The van der Waals surface area contributed by atoms with Crippen molar-refractivity contribution < 1.29 is 0 Å². The molecule has 0 saturated carbocycles. The van der Waals surface area contributed by atoms with Gasteiger partial charge >= 0.3 is 0 Å². The molecule has 0 fully saturated rings. The molecule has 7 aromatic carbocycles. The molecule has 0 aliphatic heterocycles. The Hall–Kier alpha value is -7.23. The zero-order valence-electron chi connectivity index (χ0n) is 31.7. The van der Waals surface area contributed by atoms with Gasteiger partial charge in [0.1, 0.15) is 0 Å². The van der Waals surface area contributed by atoms with Crippen molar-refractivity contribution in [1.82, 2.24) is 15.0 Å². The van der Waals surface area contributed by atoms with Crippen molar-refractivity contribution in [2.45, 2.75) is 19.3 Å². The lowest BCUT2D eigenvalue weighted by Crippen LogP contribution is -2.16. The first-order valence-corrected chi connectivity index (χ1v) is 19.6. The Balaban J connectivity index is 1.03. The molecule has 3 nitrogen and oxygen atoms in total. The van der Waals surface area contributed by atoms with Crippen LogP contribution in [0.25, 0.3) is 99.9 Å². The predicted molar refractivity (Wildman–Crippen MR) is 237 cm³/mol. The summed E-state index contributed by atoms with van der Waals surface area (Å²) < 4.78 is 0. The van der Waals surface area contributed by atoms with Crippen molar-refractivity contribution in [2.24, 2.45) is 0 Å². The van der Waals surface area contributed by atoms with Gasteiger partial charge in [-0.05, 0) is 80.9 Å². The van der Waals surface area contributed by atoms with Crippen molar-refractivity contribution >= 4 is 32.7 Å². The van der Waals surface area contributed by atoms with E-state index in [-0.39, 0.29) is 5.41 Å². The van der Waals surface area contributed by atoms with Crippen LogP contribution in [0.4, 0.5) is 0 Å². The number of hydrogen-bond acceptors (Lipinski definition) is 3. The second-order valence-electron chi connectivity index (χ2n) is 15.6. The van der Waals surface area contributed by atoms with E-state index in [9.17, 15) is 0 Å². The minimum absolute atomic E-state index is 0.177. The average Bonchev–Trinajstić information content (AvgIpc) is 3.51. The van der Waals surface area contributed by atoms with Crippen LogP contribution in [-0.4, -0.2) is 15.0 Å². The molecule has 0 amide bonds. The third-order valence-electron chi connectivity index (χ3n) is 11.8. The van der Waals surface area contributed by atoms with Gasteiger partial charge in [0, 0.05) is 38.3 Å². The summed E-state index contributed by atoms with van der Waals surface area (Å²) in [7, 11) is 0. The minimum Gasteiger partial charge on any atom is -0.247 e. The van der Waals surface area contributed by atoms with Gasteiger partial charge in [-0.2, -0.15) is 0 Å². The fraction of sp³-hybridized carbons (Fsp3) is 0.0556. The summed E-state index contributed by atoms with van der Waals surface area (Å²) in [6.45, 7) is 4.68. The molecule has 1 aliphatic carbocycles. The molecular formula is C54H37N3. The van der Waals surface area contributed by atoms with E-state index in [1.54, 1.807) is 0 Å². The average molecular weight is 728 g/mol. The lowest BCUT2D eigenvalue weighted by Gasteiger charge is -2.25. The highest BCUT2D eigenvalue weighted by molar-refractivity contribution is 6.11. The lowest BCUT2D eigenvalue weighted by molar-refractivity contribution is 0.662. The first kappa shape index (κ1) is 33.1. The highest BCUT2D eigenvalue weighted by Gasteiger charge is 2.39. The molecule has 0 unspecified atom stereocenters. The molecule has 11 rings (SSSR count). The van der Waals surface area contributed by atoms with Crippen LogP contribution in [0.3, 0.4) is 0 Å². The van der Waals surface area contributed by atoms with E-state index in [0.717, 1.165) is 72.2 Å². The van der Waals surface area contributed by atoms with Gasteiger partial charge in [0.25, 0.3) is 0 Å². The fourth-order valence-electron chi connectivity index (χ4n) is 9.02. The van der Waals surface area contributed by atoms with Gasteiger partial charge in [-0.25, -0.2) is 15.0 Å². The topological polar surface area (TPSA) is 38.7 Å². The SMILES string of the molecule is CC1(C)c2ccccc2-c2nc3ccccc3c(-c3ccc(-c4cccc(-c5cc6ccc(-c7ccccc7)nc6c6nc(-c7ccccc7)ccc56)c4)cc3)c21. The summed E-state index contributed by atoms with van der Waals surface area (Å²) in [5.41, 5.74) is 18.7. The summed E-state index contributed by atoms with van der Waals surface area (Å²) in [4.78, 5) is 15.8. The van der Waals surface area contributed by atoms with E-state index in [1.807, 2.05) is 12.1 Å². The van der Waals surface area contributed by atoms with Gasteiger partial charge < -0.3 is 0 Å². The third-order valence-corrected chi connectivity index (χ3v) is 11.8. The molecule has 0 bridgehead atoms. The van der Waals surface area contributed by atoms with Crippen molar-refractivity contribution in [1.29, 1.82) is 0 Å². The molecule has 0 saturated heterocycles. The van der Waals surface area contributed by atoms with Crippen LogP contribution in [-0.2, 0) is 5.41 Å². The Bertz CT molecular complexity index is 3180. The zero-order valence-corrected chi connectivity index (χ0v) is 31.7. The number of rotatable bonds is 5. The van der Waals surface area contributed by atoms with Crippen LogP contribution in [0.1, 0.15) is 25.0 Å². The van der Waals surface area contributed by atoms with Crippen LogP contribution in [0.15, 0.2) is 188 Å². The van der Waals surface area contributed by atoms with E-state index >= 15 is 0 Å². The van der Waals surface area contributed by atoms with Gasteiger partial charge in [-0.3, -0.25) is 0 Å². The standard InChI is InChI=1S/C54H37N3/c1-54(2)45-22-11-9-20-42(45)52-50(54)49(43-21-10-12-23-48(43)57-52)37-26-24-34(25-27-37)38-18-13-19-39(32-38)44-33-40-28-30-46(35-14-5-3-6-15-35)55-51(40)53-41(44)29-31-47(56-53)36-16-7-4-8-17-36/h3-33H,1-2H3. The third kappa shape index (κ3) is 5.38. The van der Waals surface area contributed by atoms with Crippen LogP contribution in [0.2, 0.25) is 0 Å². The van der Waals surface area contributed by atoms with Gasteiger partial charge in [0.15, 0.2) is 0 Å². The Morgan fingerprint density at radius 1 is 0.386 bits per heavy atom. The first-order chi connectivity index (χ1) is 28.0. The van der Waals surface area contributed by atoms with Crippen LogP contribution in [0.5, 0.6) is 0 Å². The molecule has 0 radical (unpaired) electrons. The number of nitrogens with zero attached hydrogens (tertiary/aromatic N) is 3. The highest BCUT2D eigenvalue weighted by atomic mass is 14.8. The first-order valence-electron chi connectivity index (χ1n) is 19.6. The summed E-state index contributed by atoms with van der Waals surface area (Å²) in [6, 6.07) is 67.0. The quantitative estimate of drug-likeness (QED) is 0.166. The van der Waals surface area contributed by atoms with Crippen molar-refractivity contribution in [2.75, 3.05) is 0 Å². The summed E-state index contributed by atoms with van der Waals surface area (Å²) in [6.07, 6.45) is 0. The Morgan fingerprint density at radius 2 is 1.00 bits per heavy atom. The minimum atomic E-state index is -0.177. The molecule has 0 spiro atoms. The van der Waals surface area contributed by atoms with Gasteiger partial charge in [0.2, 0.25) is 0 Å². The second kappa shape index (κ2) is 12.9. The Kier molecular flexibility index (Phi) is 7.52. The Morgan fingerprint density at radius 3 is 1.77 bits per heavy atom. The number of para-hydroxylation sites is 1. The number of hydrogen-bond donors (Lipinski definition) is 0. The van der Waals surface area contributed by atoms with Crippen LogP contribution in [0, 0.1) is 0 Å². The van der Waals surface area contributed by atoms with Crippen LogP contribution >= 0.6 is 0 Å². The van der Waals surface area contributed by atoms with Gasteiger partial charge in [-0.1, -0.05) is 166 Å². The lowest BCUT2D eigenvalue weighted by atomic mass is 9.78. The molecular weight excluding hydrogens is 691 g/mol. The molecule has 57 heavy (non-hydrogen) atoms. The maximum Gasteiger partial charge on any atom is 0.0978 e. The van der Waals surface area contributed by atoms with Crippen LogP contribution < -0.4 is 0 Å². The number of pyridine rings is 3. The summed E-state index contributed by atoms with van der Waals surface area (Å²) in [5.74, 6) is 0. The van der Waals surface area contributed by atoms with Crippen molar-refractivity contribution in [3.05, 3.63) is 199 Å². The number of aromatic nitrogens is 3. The largest absolute Gasteiger partial charge is 0.247 e. The fourth-order valence-corrected chi connectivity index (χ4v) is 9.02. The molecule has 3 aromatic heterocycles. The number of benzene rings is 7. The molecule has 1 aliphatic rings. The summed E-state index contributed by atoms with van der Waals surface area (Å²) >= 11 is 0. The normalized spacial score (nSPS) is 12.9. The van der Waals surface area contributed by atoms with E-state index in [4.69, 9.17) is 15.0 Å². The predicted octanol–water partition coefficient (Wildman–Crippen LogP) is 14.0. The maximum absolute atomic E-state index is 5.32. The summed E-state index contributed by atoms with van der Waals surface area (Å²) in [5, 5.41) is 3.32. The van der Waals surface area contributed by atoms with Crippen molar-refractivity contribution in [3.63, 3.8) is 0 Å². The molecule has 10 aromatic rings. The van der Waals surface area contributed by atoms with Gasteiger partial charge in [0.05, 0.1) is 33.6 Å². The van der Waals surface area contributed by atoms with E-state index in [0.29, 0.717) is 0 Å². The Labute approximate surface area is 332 Å². The molecule has 268 valence electrons. The smallest absolute Gasteiger partial charge is 0.0978 e. The van der Waals surface area contributed by atoms with E-state index in [1.165, 1.54) is 38.8 Å². The molecule has 3 heteroatoms. The second-order valence-corrected chi connectivity index (χ2v) is 15.6. The van der Waals surface area contributed by atoms with Gasteiger partial charge in [-0.15, -0.1) is 0 Å². The van der Waals surface area contributed by atoms with E-state index in [2.05, 4.69) is 190 Å².